The van der Waals surface area contributed by atoms with Crippen LogP contribution in [-0.2, 0) is 4.74 Å². The van der Waals surface area contributed by atoms with Gasteiger partial charge in [0, 0.05) is 18.1 Å². The van der Waals surface area contributed by atoms with E-state index >= 15 is 0 Å². The molecule has 1 aliphatic rings. The quantitative estimate of drug-likeness (QED) is 0.637. The van der Waals surface area contributed by atoms with Gasteiger partial charge in [0.15, 0.2) is 0 Å². The molecule has 1 fully saturated rings. The molecular formula is C16H34N2O2. The molecule has 0 aromatic heterocycles. The number of hydrogen-bond acceptors (Lipinski definition) is 4. The molecule has 1 saturated heterocycles. The lowest BCUT2D eigenvalue weighted by molar-refractivity contribution is -0.0498. The number of rotatable bonds is 9. The first-order chi connectivity index (χ1) is 9.50. The number of aliphatic hydroxyl groups excluding tert-OH is 1. The van der Waals surface area contributed by atoms with Gasteiger partial charge in [-0.2, -0.15) is 0 Å². The number of hydrogen-bond donors (Lipinski definition) is 2. The Morgan fingerprint density at radius 3 is 2.75 bits per heavy atom. The van der Waals surface area contributed by atoms with Crippen molar-refractivity contribution in [2.45, 2.75) is 71.1 Å². The summed E-state index contributed by atoms with van der Waals surface area (Å²) in [5.74, 6) is 0. The summed E-state index contributed by atoms with van der Waals surface area (Å²) >= 11 is 0. The van der Waals surface area contributed by atoms with Gasteiger partial charge in [0.1, 0.15) is 0 Å². The molecule has 0 aliphatic carbocycles. The molecule has 0 radical (unpaired) electrons. The maximum Gasteiger partial charge on any atom is 0.0674 e. The van der Waals surface area contributed by atoms with Gasteiger partial charge in [-0.15, -0.1) is 0 Å². The SMILES string of the molecule is CCCNC(C)(CO)CCCCN1CC(C)OCC1C. The predicted octanol–water partition coefficient (Wildman–Crippen LogP) is 2.02. The van der Waals surface area contributed by atoms with Crippen LogP contribution in [0.4, 0.5) is 0 Å². The molecule has 4 nitrogen and oxygen atoms in total. The monoisotopic (exact) mass is 286 g/mol. The smallest absolute Gasteiger partial charge is 0.0674 e. The highest BCUT2D eigenvalue weighted by Crippen LogP contribution is 2.16. The van der Waals surface area contributed by atoms with Crippen LogP contribution in [0.3, 0.4) is 0 Å². The molecule has 20 heavy (non-hydrogen) atoms. The topological polar surface area (TPSA) is 44.7 Å². The van der Waals surface area contributed by atoms with E-state index in [0.29, 0.717) is 12.1 Å². The zero-order chi connectivity index (χ0) is 15.0. The van der Waals surface area contributed by atoms with E-state index in [0.717, 1.165) is 45.5 Å². The number of unbranched alkanes of at least 4 members (excludes halogenated alkanes) is 1. The molecule has 120 valence electrons. The van der Waals surface area contributed by atoms with Crippen molar-refractivity contribution in [1.82, 2.24) is 10.2 Å². The van der Waals surface area contributed by atoms with Crippen molar-refractivity contribution in [2.75, 3.05) is 32.8 Å². The fraction of sp³-hybridized carbons (Fsp3) is 1.00. The number of nitrogens with zero attached hydrogens (tertiary/aromatic N) is 1. The second-order valence-corrected chi connectivity index (χ2v) is 6.59. The Hall–Kier alpha value is -0.160. The second-order valence-electron chi connectivity index (χ2n) is 6.59. The Kier molecular flexibility index (Phi) is 8.03. The molecule has 0 saturated carbocycles. The zero-order valence-corrected chi connectivity index (χ0v) is 13.8. The molecule has 1 heterocycles. The van der Waals surface area contributed by atoms with Crippen molar-refractivity contribution in [3.05, 3.63) is 0 Å². The van der Waals surface area contributed by atoms with Crippen molar-refractivity contribution >= 4 is 0 Å². The van der Waals surface area contributed by atoms with Gasteiger partial charge < -0.3 is 15.2 Å². The highest BCUT2D eigenvalue weighted by Gasteiger charge is 2.24. The molecular weight excluding hydrogens is 252 g/mol. The van der Waals surface area contributed by atoms with Crippen molar-refractivity contribution in [1.29, 1.82) is 0 Å². The summed E-state index contributed by atoms with van der Waals surface area (Å²) in [6, 6.07) is 0.536. The maximum atomic E-state index is 9.55. The van der Waals surface area contributed by atoms with Crippen LogP contribution in [0.1, 0.15) is 53.4 Å². The van der Waals surface area contributed by atoms with Gasteiger partial charge >= 0.3 is 0 Å². The van der Waals surface area contributed by atoms with E-state index in [1.54, 1.807) is 0 Å². The van der Waals surface area contributed by atoms with Gasteiger partial charge in [-0.25, -0.2) is 0 Å². The zero-order valence-electron chi connectivity index (χ0n) is 13.8. The molecule has 0 bridgehead atoms. The average Bonchev–Trinajstić information content (AvgIpc) is 2.45. The third-order valence-corrected chi connectivity index (χ3v) is 4.31. The van der Waals surface area contributed by atoms with Gasteiger partial charge in [-0.05, 0) is 53.1 Å². The molecule has 3 unspecified atom stereocenters. The van der Waals surface area contributed by atoms with Crippen LogP contribution >= 0.6 is 0 Å². The van der Waals surface area contributed by atoms with E-state index in [4.69, 9.17) is 4.74 Å². The number of ether oxygens (including phenoxy) is 1. The summed E-state index contributed by atoms with van der Waals surface area (Å²) < 4.78 is 5.66. The van der Waals surface area contributed by atoms with Crippen molar-refractivity contribution in [3.8, 4) is 0 Å². The third-order valence-electron chi connectivity index (χ3n) is 4.31. The molecule has 0 amide bonds. The van der Waals surface area contributed by atoms with Crippen molar-refractivity contribution in [2.24, 2.45) is 0 Å². The van der Waals surface area contributed by atoms with E-state index in [-0.39, 0.29) is 12.1 Å². The van der Waals surface area contributed by atoms with Crippen LogP contribution in [-0.4, -0.2) is 60.5 Å². The second kappa shape index (κ2) is 8.98. The summed E-state index contributed by atoms with van der Waals surface area (Å²) in [4.78, 5) is 2.53. The highest BCUT2D eigenvalue weighted by molar-refractivity contribution is 4.82. The molecule has 1 aliphatic heterocycles. The van der Waals surface area contributed by atoms with Gasteiger partial charge in [-0.1, -0.05) is 13.3 Å². The minimum absolute atomic E-state index is 0.111. The fourth-order valence-corrected chi connectivity index (χ4v) is 2.76. The van der Waals surface area contributed by atoms with Crippen LogP contribution in [0, 0.1) is 0 Å². The molecule has 0 aromatic carbocycles. The van der Waals surface area contributed by atoms with Gasteiger partial charge in [-0.3, -0.25) is 4.90 Å². The van der Waals surface area contributed by atoms with E-state index in [1.807, 2.05) is 0 Å². The molecule has 4 heteroatoms. The number of aliphatic hydroxyl groups is 1. The van der Waals surface area contributed by atoms with Gasteiger partial charge in [0.25, 0.3) is 0 Å². The average molecular weight is 286 g/mol. The van der Waals surface area contributed by atoms with Crippen LogP contribution in [0.2, 0.25) is 0 Å². The van der Waals surface area contributed by atoms with Gasteiger partial charge in [0.2, 0.25) is 0 Å². The fourth-order valence-electron chi connectivity index (χ4n) is 2.76. The lowest BCUT2D eigenvalue weighted by atomic mass is 9.95. The first-order valence-electron chi connectivity index (χ1n) is 8.22. The first-order valence-corrected chi connectivity index (χ1v) is 8.22. The molecule has 1 rings (SSSR count). The summed E-state index contributed by atoms with van der Waals surface area (Å²) in [5, 5.41) is 13.0. The minimum atomic E-state index is -0.111. The van der Waals surface area contributed by atoms with E-state index in [1.165, 1.54) is 6.42 Å². The Bertz CT molecular complexity index is 263. The summed E-state index contributed by atoms with van der Waals surface area (Å²) in [7, 11) is 0. The van der Waals surface area contributed by atoms with Crippen molar-refractivity contribution < 1.29 is 9.84 Å². The minimum Gasteiger partial charge on any atom is -0.394 e. The summed E-state index contributed by atoms with van der Waals surface area (Å²) in [5.41, 5.74) is -0.111. The lowest BCUT2D eigenvalue weighted by Crippen LogP contribution is -2.48. The Morgan fingerprint density at radius 1 is 1.35 bits per heavy atom. The van der Waals surface area contributed by atoms with Crippen LogP contribution in [0.25, 0.3) is 0 Å². The molecule has 0 aromatic rings. The van der Waals surface area contributed by atoms with Crippen molar-refractivity contribution in [3.63, 3.8) is 0 Å². The largest absolute Gasteiger partial charge is 0.394 e. The predicted molar refractivity (Wildman–Crippen MR) is 84.1 cm³/mol. The van der Waals surface area contributed by atoms with Crippen LogP contribution < -0.4 is 5.32 Å². The lowest BCUT2D eigenvalue weighted by Gasteiger charge is -2.37. The Balaban J connectivity index is 2.22. The maximum absolute atomic E-state index is 9.55. The summed E-state index contributed by atoms with van der Waals surface area (Å²) in [6.07, 6.45) is 4.86. The van der Waals surface area contributed by atoms with Crippen LogP contribution in [0.15, 0.2) is 0 Å². The van der Waals surface area contributed by atoms with E-state index in [2.05, 4.69) is 37.9 Å². The molecule has 2 N–H and O–H groups in total. The van der Waals surface area contributed by atoms with Gasteiger partial charge in [0.05, 0.1) is 19.3 Å². The summed E-state index contributed by atoms with van der Waals surface area (Å²) in [6.45, 7) is 12.9. The van der Waals surface area contributed by atoms with E-state index < -0.39 is 0 Å². The Morgan fingerprint density at radius 2 is 2.10 bits per heavy atom. The molecule has 0 spiro atoms. The first kappa shape index (κ1) is 17.9. The number of nitrogens with one attached hydrogen (secondary N) is 1. The molecule has 3 atom stereocenters. The van der Waals surface area contributed by atoms with E-state index in [9.17, 15) is 5.11 Å². The third kappa shape index (κ3) is 6.08. The Labute approximate surface area is 124 Å². The normalized spacial score (nSPS) is 27.4. The van der Waals surface area contributed by atoms with Crippen LogP contribution in [0.5, 0.6) is 0 Å². The highest BCUT2D eigenvalue weighted by atomic mass is 16.5. The number of morpholine rings is 1. The standard InChI is InChI=1S/C16H34N2O2/c1-5-9-17-16(4,13-19)8-6-7-10-18-11-15(3)20-12-14(18)2/h14-15,17,19H,5-13H2,1-4H3.